The monoisotopic (exact) mass is 221 g/mol. The van der Waals surface area contributed by atoms with Crippen LogP contribution in [0.1, 0.15) is 25.5 Å². The van der Waals surface area contributed by atoms with E-state index in [0.29, 0.717) is 16.7 Å². The Labute approximate surface area is 95.1 Å². The van der Waals surface area contributed by atoms with Crippen LogP contribution in [0, 0.1) is 5.92 Å². The van der Waals surface area contributed by atoms with E-state index in [1.165, 1.54) is 12.8 Å². The van der Waals surface area contributed by atoms with Crippen molar-refractivity contribution in [3.8, 4) is 0 Å². The molecule has 1 aliphatic carbocycles. The van der Waals surface area contributed by atoms with Gasteiger partial charge in [-0.25, -0.2) is 0 Å². The zero-order valence-corrected chi connectivity index (χ0v) is 9.55. The number of nitrogens with one attached hydrogen (secondary N) is 1. The lowest BCUT2D eigenvalue weighted by molar-refractivity contribution is 0.774. The Hall–Kier alpha value is -1.16. The highest BCUT2D eigenvalue weighted by atomic mass is 32.1. The van der Waals surface area contributed by atoms with Gasteiger partial charge < -0.3 is 11.1 Å². The van der Waals surface area contributed by atoms with Gasteiger partial charge in [-0.3, -0.25) is 4.98 Å². The van der Waals surface area contributed by atoms with E-state index >= 15 is 0 Å². The quantitative estimate of drug-likeness (QED) is 0.763. The summed E-state index contributed by atoms with van der Waals surface area (Å²) in [6.07, 6.45) is 4.31. The second-order valence-corrected chi connectivity index (χ2v) is 4.39. The van der Waals surface area contributed by atoms with E-state index in [-0.39, 0.29) is 0 Å². The summed E-state index contributed by atoms with van der Waals surface area (Å²) in [5, 5.41) is 3.44. The number of hydrogen-bond donors (Lipinski definition) is 2. The molecule has 2 unspecified atom stereocenters. The predicted molar refractivity (Wildman–Crippen MR) is 65.9 cm³/mol. The van der Waals surface area contributed by atoms with Gasteiger partial charge in [-0.15, -0.1) is 0 Å². The van der Waals surface area contributed by atoms with Crippen LogP contribution in [0.2, 0.25) is 0 Å². The van der Waals surface area contributed by atoms with Crippen LogP contribution in [0.5, 0.6) is 0 Å². The number of pyridine rings is 1. The summed E-state index contributed by atoms with van der Waals surface area (Å²) in [5.74, 6) is 0.834. The van der Waals surface area contributed by atoms with Crippen molar-refractivity contribution in [1.29, 1.82) is 0 Å². The maximum absolute atomic E-state index is 5.47. The van der Waals surface area contributed by atoms with E-state index in [9.17, 15) is 0 Å². The summed E-state index contributed by atoms with van der Waals surface area (Å²) in [4.78, 5) is 4.53. The average molecular weight is 221 g/mol. The topological polar surface area (TPSA) is 50.9 Å². The summed E-state index contributed by atoms with van der Waals surface area (Å²) in [5.41, 5.74) is 7.20. The lowest BCUT2D eigenvalue weighted by atomic mass is 10.3. The molecule has 80 valence electrons. The second-order valence-electron chi connectivity index (χ2n) is 3.95. The Morgan fingerprint density at radius 2 is 2.47 bits per heavy atom. The summed E-state index contributed by atoms with van der Waals surface area (Å²) < 4.78 is 0. The molecule has 0 aromatic carbocycles. The second kappa shape index (κ2) is 4.14. The van der Waals surface area contributed by atoms with Gasteiger partial charge in [0.05, 0.1) is 17.6 Å². The molecule has 1 aromatic heterocycles. The Morgan fingerprint density at radius 3 is 2.93 bits per heavy atom. The molecule has 0 bridgehead atoms. The van der Waals surface area contributed by atoms with Gasteiger partial charge in [-0.05, 0) is 24.5 Å². The molecular formula is C11H15N3S. The number of hydrogen-bond acceptors (Lipinski definition) is 3. The van der Waals surface area contributed by atoms with Crippen molar-refractivity contribution in [2.45, 2.75) is 25.8 Å². The molecule has 0 saturated heterocycles. The molecule has 0 spiro atoms. The zero-order chi connectivity index (χ0) is 10.8. The smallest absolute Gasteiger partial charge is 0.122 e. The minimum atomic E-state index is 0.347. The maximum Gasteiger partial charge on any atom is 0.122 e. The summed E-state index contributed by atoms with van der Waals surface area (Å²) in [6, 6.07) is 4.47. The van der Waals surface area contributed by atoms with Crippen LogP contribution in [-0.4, -0.2) is 16.0 Å². The van der Waals surface area contributed by atoms with Crippen LogP contribution in [0.4, 0.5) is 5.69 Å². The molecule has 1 aliphatic rings. The highest BCUT2D eigenvalue weighted by molar-refractivity contribution is 7.80. The van der Waals surface area contributed by atoms with Crippen molar-refractivity contribution in [2.75, 3.05) is 5.32 Å². The SMILES string of the molecule is CCC1CC1Nc1ccc(C(N)=S)nc1. The minimum Gasteiger partial charge on any atom is -0.388 e. The molecule has 1 saturated carbocycles. The zero-order valence-electron chi connectivity index (χ0n) is 8.73. The van der Waals surface area contributed by atoms with Crippen molar-refractivity contribution >= 4 is 22.9 Å². The molecule has 0 radical (unpaired) electrons. The molecule has 2 rings (SSSR count). The molecule has 0 aliphatic heterocycles. The van der Waals surface area contributed by atoms with Gasteiger partial charge in [-0.1, -0.05) is 25.6 Å². The first kappa shape index (κ1) is 10.4. The fraction of sp³-hybridized carbons (Fsp3) is 0.455. The van der Waals surface area contributed by atoms with Gasteiger partial charge in [0.25, 0.3) is 0 Å². The lowest BCUT2D eigenvalue weighted by Gasteiger charge is -2.05. The average Bonchev–Trinajstić information content (AvgIpc) is 2.97. The largest absolute Gasteiger partial charge is 0.388 e. The van der Waals surface area contributed by atoms with Crippen LogP contribution >= 0.6 is 12.2 Å². The lowest BCUT2D eigenvalue weighted by Crippen LogP contribution is -2.12. The maximum atomic E-state index is 5.47. The highest BCUT2D eigenvalue weighted by Crippen LogP contribution is 2.35. The van der Waals surface area contributed by atoms with Crippen LogP contribution in [0.3, 0.4) is 0 Å². The molecule has 2 atom stereocenters. The Balaban J connectivity index is 1.96. The fourth-order valence-electron chi connectivity index (χ4n) is 1.71. The van der Waals surface area contributed by atoms with Crippen LogP contribution in [-0.2, 0) is 0 Å². The van der Waals surface area contributed by atoms with E-state index in [4.69, 9.17) is 18.0 Å². The standard InChI is InChI=1S/C11H15N3S/c1-2-7-5-10(7)14-8-3-4-9(11(12)15)13-6-8/h3-4,6-7,10,14H,2,5H2,1H3,(H2,12,15). The first-order valence-electron chi connectivity index (χ1n) is 5.23. The van der Waals surface area contributed by atoms with E-state index in [2.05, 4.69) is 17.2 Å². The van der Waals surface area contributed by atoms with Crippen LogP contribution in [0.15, 0.2) is 18.3 Å². The van der Waals surface area contributed by atoms with E-state index < -0.39 is 0 Å². The Bertz CT molecular complexity index is 361. The van der Waals surface area contributed by atoms with Gasteiger partial charge in [0.1, 0.15) is 4.99 Å². The highest BCUT2D eigenvalue weighted by Gasteiger charge is 2.34. The summed E-state index contributed by atoms with van der Waals surface area (Å²) in [6.45, 7) is 2.22. The molecule has 3 N–H and O–H groups in total. The molecule has 1 aromatic rings. The summed E-state index contributed by atoms with van der Waals surface area (Å²) in [7, 11) is 0. The van der Waals surface area contributed by atoms with Crippen molar-refractivity contribution in [3.63, 3.8) is 0 Å². The first-order chi connectivity index (χ1) is 7.20. The molecule has 0 amide bonds. The Kier molecular flexibility index (Phi) is 2.86. The predicted octanol–water partition coefficient (Wildman–Crippen LogP) is 1.93. The third-order valence-corrected chi connectivity index (χ3v) is 3.02. The number of anilines is 1. The van der Waals surface area contributed by atoms with Crippen molar-refractivity contribution < 1.29 is 0 Å². The van der Waals surface area contributed by atoms with E-state index in [1.807, 2.05) is 12.1 Å². The van der Waals surface area contributed by atoms with Crippen molar-refractivity contribution in [3.05, 3.63) is 24.0 Å². The molecule has 3 nitrogen and oxygen atoms in total. The molecule has 4 heteroatoms. The molecule has 15 heavy (non-hydrogen) atoms. The van der Waals surface area contributed by atoms with Gasteiger partial charge in [0, 0.05) is 6.04 Å². The Morgan fingerprint density at radius 1 is 1.67 bits per heavy atom. The number of nitrogens with two attached hydrogens (primary N) is 1. The third kappa shape index (κ3) is 2.45. The van der Waals surface area contributed by atoms with Crippen molar-refractivity contribution in [2.24, 2.45) is 11.7 Å². The van der Waals surface area contributed by atoms with Gasteiger partial charge in [-0.2, -0.15) is 0 Å². The number of nitrogens with zero attached hydrogens (tertiary/aromatic N) is 1. The van der Waals surface area contributed by atoms with Gasteiger partial charge in [0.15, 0.2) is 0 Å². The minimum absolute atomic E-state index is 0.347. The molecular weight excluding hydrogens is 206 g/mol. The molecule has 1 fully saturated rings. The van der Waals surface area contributed by atoms with Crippen LogP contribution < -0.4 is 11.1 Å². The van der Waals surface area contributed by atoms with Gasteiger partial charge >= 0.3 is 0 Å². The fourth-order valence-corrected chi connectivity index (χ4v) is 1.84. The van der Waals surface area contributed by atoms with Gasteiger partial charge in [0.2, 0.25) is 0 Å². The third-order valence-electron chi connectivity index (χ3n) is 2.81. The van der Waals surface area contributed by atoms with Crippen LogP contribution in [0.25, 0.3) is 0 Å². The number of rotatable bonds is 4. The summed E-state index contributed by atoms with van der Waals surface area (Å²) >= 11 is 4.84. The molecule has 1 heterocycles. The first-order valence-corrected chi connectivity index (χ1v) is 5.64. The number of thiocarbonyl (C=S) groups is 1. The van der Waals surface area contributed by atoms with E-state index in [0.717, 1.165) is 11.6 Å². The normalized spacial score (nSPS) is 23.5. The van der Waals surface area contributed by atoms with E-state index in [1.54, 1.807) is 6.20 Å². The van der Waals surface area contributed by atoms with Crippen molar-refractivity contribution in [1.82, 2.24) is 4.98 Å². The number of aromatic nitrogens is 1.